The minimum absolute atomic E-state index is 0.0484. The van der Waals surface area contributed by atoms with Crippen LogP contribution < -0.4 is 9.64 Å². The molecule has 0 amide bonds. The fraction of sp³-hybridized carbons (Fsp3) is 0.458. The third kappa shape index (κ3) is 3.77. The average Bonchev–Trinajstić information content (AvgIpc) is 3.22. The van der Waals surface area contributed by atoms with Crippen molar-refractivity contribution in [2.24, 2.45) is 5.92 Å². The van der Waals surface area contributed by atoms with Gasteiger partial charge in [-0.25, -0.2) is 0 Å². The van der Waals surface area contributed by atoms with Crippen LogP contribution in [0, 0.1) is 12.8 Å². The lowest BCUT2D eigenvalue weighted by Gasteiger charge is -2.46. The lowest BCUT2D eigenvalue weighted by Crippen LogP contribution is -2.57. The highest BCUT2D eigenvalue weighted by Crippen LogP contribution is 2.31. The van der Waals surface area contributed by atoms with E-state index in [-0.39, 0.29) is 6.61 Å². The summed E-state index contributed by atoms with van der Waals surface area (Å²) in [6.45, 7) is 6.93. The number of rotatable bonds is 5. The number of anilines is 1. The molecule has 2 aromatic carbocycles. The van der Waals surface area contributed by atoms with E-state index in [1.807, 2.05) is 36.4 Å². The summed E-state index contributed by atoms with van der Waals surface area (Å²) in [6, 6.07) is 14.6. The van der Waals surface area contributed by atoms with Crippen molar-refractivity contribution in [3.63, 3.8) is 0 Å². The highest BCUT2D eigenvalue weighted by atomic mass is 16.5. The summed E-state index contributed by atoms with van der Waals surface area (Å²) < 4.78 is 11.7. The maximum absolute atomic E-state index is 9.37. The second-order valence-corrected chi connectivity index (χ2v) is 8.61. The summed E-state index contributed by atoms with van der Waals surface area (Å²) in [5, 5.41) is 14.8. The molecule has 2 atom stereocenters. The number of piperazine rings is 1. The Hall–Kier alpha value is -2.57. The Kier molecular flexibility index (Phi) is 5.35. The van der Waals surface area contributed by atoms with Gasteiger partial charge in [-0.3, -0.25) is 4.90 Å². The molecule has 2 fully saturated rings. The molecule has 30 heavy (non-hydrogen) atoms. The molecule has 0 unspecified atom stereocenters. The number of piperidine rings is 1. The zero-order valence-corrected chi connectivity index (χ0v) is 17.5. The first kappa shape index (κ1) is 19.4. The number of aliphatic hydroxyl groups is 1. The van der Waals surface area contributed by atoms with Crippen molar-refractivity contribution in [3.05, 3.63) is 53.6 Å². The number of ether oxygens (including phenoxy) is 1. The lowest BCUT2D eigenvalue weighted by atomic mass is 9.91. The molecule has 3 aromatic rings. The van der Waals surface area contributed by atoms with Gasteiger partial charge in [0.15, 0.2) is 11.4 Å². The van der Waals surface area contributed by atoms with Crippen LogP contribution in [0.25, 0.3) is 11.0 Å². The van der Waals surface area contributed by atoms with Gasteiger partial charge in [-0.15, -0.1) is 0 Å². The van der Waals surface area contributed by atoms with E-state index in [4.69, 9.17) is 9.26 Å². The van der Waals surface area contributed by atoms with Crippen molar-refractivity contribution in [1.29, 1.82) is 0 Å². The Bertz CT molecular complexity index is 1020. The minimum atomic E-state index is 0.0484. The summed E-state index contributed by atoms with van der Waals surface area (Å²) in [6.07, 6.45) is 2.35. The summed E-state index contributed by atoms with van der Waals surface area (Å²) in [5.74, 6) is 2.42. The standard InChI is InChI=1S/C24H29N3O3/c1-17-6-7-18(15-28)12-23(17)29-16-19-8-9-20-14-27(11-10-26(20)13-19)24-21-4-2-3-5-22(21)30-25-24/h2-7,12,19-20,28H,8-11,13-16H2,1H3/t19-,20+/m1/s1. The monoisotopic (exact) mass is 407 g/mol. The van der Waals surface area contributed by atoms with Gasteiger partial charge in [0.2, 0.25) is 0 Å². The Morgan fingerprint density at radius 1 is 1.13 bits per heavy atom. The summed E-state index contributed by atoms with van der Waals surface area (Å²) in [5.41, 5.74) is 2.88. The largest absolute Gasteiger partial charge is 0.493 e. The van der Waals surface area contributed by atoms with E-state index in [1.165, 1.54) is 12.8 Å². The van der Waals surface area contributed by atoms with E-state index < -0.39 is 0 Å². The van der Waals surface area contributed by atoms with Gasteiger partial charge in [0.25, 0.3) is 0 Å². The van der Waals surface area contributed by atoms with Gasteiger partial charge in [-0.2, -0.15) is 0 Å². The van der Waals surface area contributed by atoms with Crippen LogP contribution in [0.15, 0.2) is 47.0 Å². The van der Waals surface area contributed by atoms with Crippen LogP contribution in [0.1, 0.15) is 24.0 Å². The molecule has 0 aliphatic carbocycles. The van der Waals surface area contributed by atoms with Crippen LogP contribution in [-0.2, 0) is 6.61 Å². The van der Waals surface area contributed by atoms with Crippen molar-refractivity contribution in [3.8, 4) is 5.75 Å². The van der Waals surface area contributed by atoms with Crippen molar-refractivity contribution >= 4 is 16.8 Å². The lowest BCUT2D eigenvalue weighted by molar-refractivity contribution is 0.0725. The first-order chi connectivity index (χ1) is 14.7. The molecule has 6 nitrogen and oxygen atoms in total. The van der Waals surface area contributed by atoms with Gasteiger partial charge >= 0.3 is 0 Å². The topological polar surface area (TPSA) is 62.0 Å². The number of hydrogen-bond acceptors (Lipinski definition) is 6. The van der Waals surface area contributed by atoms with E-state index in [1.54, 1.807) is 0 Å². The van der Waals surface area contributed by atoms with E-state index in [0.717, 1.165) is 66.4 Å². The average molecular weight is 408 g/mol. The second kappa shape index (κ2) is 8.28. The van der Waals surface area contributed by atoms with Crippen molar-refractivity contribution in [2.75, 3.05) is 37.7 Å². The fourth-order valence-corrected chi connectivity index (χ4v) is 4.79. The van der Waals surface area contributed by atoms with E-state index >= 15 is 0 Å². The molecule has 0 bridgehead atoms. The first-order valence-electron chi connectivity index (χ1n) is 10.9. The van der Waals surface area contributed by atoms with Crippen LogP contribution in [0.5, 0.6) is 5.75 Å². The molecule has 3 heterocycles. The zero-order chi connectivity index (χ0) is 20.5. The van der Waals surface area contributed by atoms with Gasteiger partial charge in [-0.05, 0) is 49.1 Å². The zero-order valence-electron chi connectivity index (χ0n) is 17.5. The molecular formula is C24H29N3O3. The molecule has 2 saturated heterocycles. The van der Waals surface area contributed by atoms with Gasteiger partial charge < -0.3 is 19.3 Å². The maximum atomic E-state index is 9.37. The Balaban J connectivity index is 1.19. The van der Waals surface area contributed by atoms with Gasteiger partial charge in [0, 0.05) is 38.1 Å². The SMILES string of the molecule is Cc1ccc(CO)cc1OC[C@@H]1CC[C@H]2CN(c3noc4ccccc34)CCN2C1. The third-order valence-electron chi connectivity index (χ3n) is 6.57. The van der Waals surface area contributed by atoms with E-state index in [0.29, 0.717) is 12.0 Å². The predicted molar refractivity (Wildman–Crippen MR) is 117 cm³/mol. The fourth-order valence-electron chi connectivity index (χ4n) is 4.79. The smallest absolute Gasteiger partial charge is 0.180 e. The Labute approximate surface area is 177 Å². The van der Waals surface area contributed by atoms with Crippen molar-refractivity contribution < 1.29 is 14.4 Å². The maximum Gasteiger partial charge on any atom is 0.180 e. The second-order valence-electron chi connectivity index (χ2n) is 8.61. The molecule has 0 spiro atoms. The quantitative estimate of drug-likeness (QED) is 0.697. The van der Waals surface area contributed by atoms with Gasteiger partial charge in [-0.1, -0.05) is 29.4 Å². The molecule has 2 aliphatic heterocycles. The van der Waals surface area contributed by atoms with Crippen LogP contribution in [0.4, 0.5) is 5.82 Å². The van der Waals surface area contributed by atoms with E-state index in [2.05, 4.69) is 27.9 Å². The number of nitrogens with zero attached hydrogens (tertiary/aromatic N) is 3. The Morgan fingerprint density at radius 2 is 2.03 bits per heavy atom. The van der Waals surface area contributed by atoms with E-state index in [9.17, 15) is 5.11 Å². The minimum Gasteiger partial charge on any atom is -0.493 e. The first-order valence-corrected chi connectivity index (χ1v) is 10.9. The summed E-state index contributed by atoms with van der Waals surface area (Å²) in [7, 11) is 0. The number of hydrogen-bond donors (Lipinski definition) is 1. The van der Waals surface area contributed by atoms with Gasteiger partial charge in [0.1, 0.15) is 5.75 Å². The molecule has 0 radical (unpaired) electrons. The normalized spacial score (nSPS) is 22.3. The van der Waals surface area contributed by atoms with Crippen molar-refractivity contribution in [2.45, 2.75) is 32.4 Å². The van der Waals surface area contributed by atoms with Crippen molar-refractivity contribution in [1.82, 2.24) is 10.1 Å². The molecule has 6 heteroatoms. The highest BCUT2D eigenvalue weighted by Gasteiger charge is 2.34. The van der Waals surface area contributed by atoms with Crippen LogP contribution in [0.2, 0.25) is 0 Å². The summed E-state index contributed by atoms with van der Waals surface area (Å²) in [4.78, 5) is 5.00. The number of aromatic nitrogens is 1. The predicted octanol–water partition coefficient (Wildman–Crippen LogP) is 3.61. The number of fused-ring (bicyclic) bond motifs is 2. The van der Waals surface area contributed by atoms with Crippen LogP contribution in [-0.4, -0.2) is 54.0 Å². The number of benzene rings is 2. The molecule has 5 rings (SSSR count). The van der Waals surface area contributed by atoms with Crippen LogP contribution >= 0.6 is 0 Å². The molecule has 1 aromatic heterocycles. The number of aryl methyl sites for hydroxylation is 1. The third-order valence-corrected chi connectivity index (χ3v) is 6.57. The molecule has 1 N–H and O–H groups in total. The number of aliphatic hydroxyl groups excluding tert-OH is 1. The molecule has 158 valence electrons. The van der Waals surface area contributed by atoms with Crippen LogP contribution in [0.3, 0.4) is 0 Å². The molecule has 0 saturated carbocycles. The Morgan fingerprint density at radius 3 is 2.93 bits per heavy atom. The number of para-hydroxylation sites is 1. The summed E-state index contributed by atoms with van der Waals surface area (Å²) >= 11 is 0. The van der Waals surface area contributed by atoms with Gasteiger partial charge in [0.05, 0.1) is 18.6 Å². The highest BCUT2D eigenvalue weighted by molar-refractivity contribution is 5.88. The molecular weight excluding hydrogens is 378 g/mol. The molecule has 2 aliphatic rings.